The number of hydrogen-bond donors (Lipinski definition) is 3. The minimum absolute atomic E-state index is 0.0201. The number of benzene rings is 3. The minimum atomic E-state index is -0.858. The van der Waals surface area contributed by atoms with Crippen molar-refractivity contribution in [3.05, 3.63) is 78.0 Å². The summed E-state index contributed by atoms with van der Waals surface area (Å²) in [5.74, 6) is -0.636. The number of nitriles is 1. The van der Waals surface area contributed by atoms with Crippen LogP contribution in [0.4, 0.5) is 0 Å². The third kappa shape index (κ3) is 5.34. The number of aromatic nitrogens is 1. The summed E-state index contributed by atoms with van der Waals surface area (Å²) in [4.78, 5) is 26.2. The number of aromatic hydroxyl groups is 1. The number of hydrazine groups is 1. The molecule has 1 aromatic heterocycles. The van der Waals surface area contributed by atoms with Crippen LogP contribution in [0.25, 0.3) is 33.2 Å². The van der Waals surface area contributed by atoms with Gasteiger partial charge in [0.1, 0.15) is 11.8 Å². The summed E-state index contributed by atoms with van der Waals surface area (Å²) < 4.78 is 7.86. The fourth-order valence-corrected chi connectivity index (χ4v) is 5.98. The van der Waals surface area contributed by atoms with Crippen LogP contribution in [-0.2, 0) is 27.3 Å². The van der Waals surface area contributed by atoms with Crippen LogP contribution in [0.5, 0.6) is 5.75 Å². The molecule has 6 rings (SSSR count). The zero-order chi connectivity index (χ0) is 29.4. The van der Waals surface area contributed by atoms with Crippen LogP contribution in [0.3, 0.4) is 0 Å². The maximum atomic E-state index is 13.2. The Kier molecular flexibility index (Phi) is 7.42. The number of carbonyl (C=O) groups is 2. The lowest BCUT2D eigenvalue weighted by molar-refractivity contribution is -0.153. The van der Waals surface area contributed by atoms with Crippen molar-refractivity contribution in [1.82, 2.24) is 15.0 Å². The number of phenolic OH excluding ortho intramolecular Hbond substituents is 1. The van der Waals surface area contributed by atoms with E-state index < -0.39 is 18.1 Å². The van der Waals surface area contributed by atoms with Crippen molar-refractivity contribution in [2.45, 2.75) is 44.8 Å². The van der Waals surface area contributed by atoms with Crippen molar-refractivity contribution in [3.63, 3.8) is 0 Å². The first-order valence-electron chi connectivity index (χ1n) is 14.3. The fourth-order valence-electron chi connectivity index (χ4n) is 5.98. The van der Waals surface area contributed by atoms with Gasteiger partial charge >= 0.3 is 5.97 Å². The molecule has 0 spiro atoms. The number of nitrogens with one attached hydrogen (secondary N) is 1. The molecule has 0 radical (unpaired) electrons. The van der Waals surface area contributed by atoms with Crippen LogP contribution in [0.15, 0.2) is 66.9 Å². The van der Waals surface area contributed by atoms with Gasteiger partial charge in [-0.25, -0.2) is 5.43 Å². The van der Waals surface area contributed by atoms with Gasteiger partial charge in [-0.05, 0) is 60.2 Å². The van der Waals surface area contributed by atoms with Crippen molar-refractivity contribution >= 4 is 22.8 Å². The third-order valence-corrected chi connectivity index (χ3v) is 8.06. The highest BCUT2D eigenvalue weighted by molar-refractivity contribution is 5.99. The molecule has 2 aliphatic rings. The molecule has 4 N–H and O–H groups in total. The van der Waals surface area contributed by atoms with Gasteiger partial charge in [-0.3, -0.25) is 14.6 Å². The monoisotopic (exact) mass is 563 g/mol. The topological polar surface area (TPSA) is 134 Å². The van der Waals surface area contributed by atoms with Gasteiger partial charge in [-0.1, -0.05) is 43.3 Å². The molecule has 0 aliphatic carbocycles. The lowest BCUT2D eigenvalue weighted by Crippen LogP contribution is -2.59. The largest absolute Gasteiger partial charge is 0.508 e. The highest BCUT2D eigenvalue weighted by Crippen LogP contribution is 2.36. The smallest absolute Gasteiger partial charge is 0.324 e. The molecule has 9 nitrogen and oxygen atoms in total. The summed E-state index contributed by atoms with van der Waals surface area (Å²) >= 11 is 0. The number of rotatable bonds is 1. The van der Waals surface area contributed by atoms with Gasteiger partial charge in [0, 0.05) is 47.2 Å². The fraction of sp³-hybridized carbons (Fsp3) is 0.303. The van der Waals surface area contributed by atoms with Crippen LogP contribution >= 0.6 is 0 Å². The van der Waals surface area contributed by atoms with E-state index in [-0.39, 0.29) is 30.6 Å². The average Bonchev–Trinajstić information content (AvgIpc) is 3.35. The molecule has 1 fully saturated rings. The predicted octanol–water partition coefficient (Wildman–Crippen LogP) is 4.11. The number of phenols is 1. The second kappa shape index (κ2) is 11.3. The quantitative estimate of drug-likeness (QED) is 0.297. The summed E-state index contributed by atoms with van der Waals surface area (Å²) in [7, 11) is 0. The Balaban J connectivity index is 1.47. The number of amides is 1. The number of carbonyl (C=O) groups excluding carboxylic acids is 2. The SMILES string of the molecule is C[C@@H]1COC(=O)[C@@H]2CCCN(N2)C(=O)[C@@H](N)Cc2cc(O)cc(c2)-c2ccc3c(-c4ccccc4C#N)cn(c3c2)C1. The molecule has 4 aromatic rings. The highest BCUT2D eigenvalue weighted by Gasteiger charge is 2.31. The summed E-state index contributed by atoms with van der Waals surface area (Å²) in [6.07, 6.45) is 3.49. The van der Waals surface area contributed by atoms with Gasteiger partial charge in [-0.2, -0.15) is 5.26 Å². The van der Waals surface area contributed by atoms with Crippen molar-refractivity contribution in [2.24, 2.45) is 11.7 Å². The van der Waals surface area contributed by atoms with Crippen molar-refractivity contribution in [2.75, 3.05) is 13.2 Å². The predicted molar refractivity (Wildman–Crippen MR) is 159 cm³/mol. The summed E-state index contributed by atoms with van der Waals surface area (Å²) in [5.41, 5.74) is 15.1. The molecule has 42 heavy (non-hydrogen) atoms. The van der Waals surface area contributed by atoms with E-state index in [4.69, 9.17) is 10.5 Å². The average molecular weight is 564 g/mol. The number of ether oxygens (including phenoxy) is 1. The standard InChI is InChI=1S/C33H33N5O4/c1-20-17-37-18-28(26-6-3-2-5-23(26)16-34)27-9-8-22(15-31(27)37)24-11-21(12-25(39)14-24)13-29(35)32(40)38-10-4-7-30(36-38)33(41)42-19-20/h2-3,5-6,8-9,11-12,14-15,18,20,29-30,36,39H,4,7,10,13,17,19,35H2,1H3/t20-,29-,30-/m0/s1. The van der Waals surface area contributed by atoms with E-state index in [2.05, 4.69) is 28.3 Å². The third-order valence-electron chi connectivity index (χ3n) is 8.06. The number of cyclic esters (lactones) is 1. The number of nitrogens with zero attached hydrogens (tertiary/aromatic N) is 3. The van der Waals surface area contributed by atoms with Crippen molar-refractivity contribution in [1.29, 1.82) is 5.26 Å². The molecular weight excluding hydrogens is 530 g/mol. The zero-order valence-corrected chi connectivity index (χ0v) is 23.4. The van der Waals surface area contributed by atoms with Crippen LogP contribution in [0.1, 0.15) is 30.9 Å². The number of nitrogens with two attached hydrogens (primary N) is 1. The molecule has 0 saturated carbocycles. The van der Waals surface area contributed by atoms with E-state index in [0.717, 1.165) is 38.7 Å². The normalized spacial score (nSPS) is 21.5. The molecule has 9 heteroatoms. The zero-order valence-electron chi connectivity index (χ0n) is 23.4. The molecule has 3 atom stereocenters. The Bertz CT molecular complexity index is 1720. The summed E-state index contributed by atoms with van der Waals surface area (Å²) in [5, 5.41) is 22.8. The maximum Gasteiger partial charge on any atom is 0.324 e. The summed E-state index contributed by atoms with van der Waals surface area (Å²) in [6, 6.07) is 19.7. The van der Waals surface area contributed by atoms with Crippen LogP contribution in [0.2, 0.25) is 0 Å². The van der Waals surface area contributed by atoms with Gasteiger partial charge < -0.3 is 20.1 Å². The number of fused-ring (bicyclic) bond motifs is 6. The second-order valence-electron chi connectivity index (χ2n) is 11.3. The van der Waals surface area contributed by atoms with Crippen molar-refractivity contribution < 1.29 is 19.4 Å². The highest BCUT2D eigenvalue weighted by atomic mass is 16.5. The van der Waals surface area contributed by atoms with Gasteiger partial charge in [0.05, 0.1) is 24.3 Å². The number of esters is 1. The van der Waals surface area contributed by atoms with Gasteiger partial charge in [-0.15, -0.1) is 0 Å². The van der Waals surface area contributed by atoms with Crippen LogP contribution in [-0.4, -0.2) is 51.8 Å². The Morgan fingerprint density at radius 1 is 1.07 bits per heavy atom. The van der Waals surface area contributed by atoms with E-state index in [1.807, 2.05) is 49.4 Å². The van der Waals surface area contributed by atoms with Gasteiger partial charge in [0.2, 0.25) is 0 Å². The molecule has 3 heterocycles. The maximum absolute atomic E-state index is 13.2. The molecule has 1 saturated heterocycles. The first-order chi connectivity index (χ1) is 20.3. The molecule has 1 amide bonds. The molecule has 2 aliphatic heterocycles. The number of hydrogen-bond acceptors (Lipinski definition) is 7. The van der Waals surface area contributed by atoms with Crippen molar-refractivity contribution in [3.8, 4) is 34.1 Å². The molecule has 0 unspecified atom stereocenters. The first-order valence-corrected chi connectivity index (χ1v) is 14.3. The molecule has 6 bridgehead atoms. The lowest BCUT2D eigenvalue weighted by atomic mass is 9.96. The molecular formula is C33H33N5O4. The Labute approximate surface area is 244 Å². The Hall–Kier alpha value is -4.65. The van der Waals surface area contributed by atoms with E-state index in [1.165, 1.54) is 5.01 Å². The molecule has 3 aromatic carbocycles. The van der Waals surface area contributed by atoms with Crippen LogP contribution < -0.4 is 11.2 Å². The van der Waals surface area contributed by atoms with E-state index in [1.54, 1.807) is 12.1 Å². The minimum Gasteiger partial charge on any atom is -0.508 e. The Morgan fingerprint density at radius 2 is 1.90 bits per heavy atom. The Morgan fingerprint density at radius 3 is 2.74 bits per heavy atom. The molecule has 214 valence electrons. The second-order valence-corrected chi connectivity index (χ2v) is 11.3. The van der Waals surface area contributed by atoms with Gasteiger partial charge in [0.25, 0.3) is 5.91 Å². The van der Waals surface area contributed by atoms with E-state index in [0.29, 0.717) is 31.5 Å². The van der Waals surface area contributed by atoms with E-state index >= 15 is 0 Å². The first kappa shape index (κ1) is 27.5. The van der Waals surface area contributed by atoms with Crippen LogP contribution in [0, 0.1) is 17.2 Å². The lowest BCUT2D eigenvalue weighted by Gasteiger charge is -2.34. The summed E-state index contributed by atoms with van der Waals surface area (Å²) in [6.45, 7) is 3.26. The van der Waals surface area contributed by atoms with E-state index in [9.17, 15) is 20.0 Å². The van der Waals surface area contributed by atoms with Gasteiger partial charge in [0.15, 0.2) is 0 Å².